The maximum Gasteiger partial charge on any atom is 0.326 e. The Hall–Kier alpha value is -2.04. The summed E-state index contributed by atoms with van der Waals surface area (Å²) < 4.78 is 0. The van der Waals surface area contributed by atoms with Crippen molar-refractivity contribution in [3.8, 4) is 0 Å². The summed E-state index contributed by atoms with van der Waals surface area (Å²) >= 11 is 0. The topological polar surface area (TPSA) is 92.4 Å². The molecule has 3 atom stereocenters. The molecule has 0 aliphatic heterocycles. The lowest BCUT2D eigenvalue weighted by Gasteiger charge is -2.21. The van der Waals surface area contributed by atoms with Crippen molar-refractivity contribution >= 4 is 17.6 Å². The van der Waals surface area contributed by atoms with E-state index in [0.29, 0.717) is 12.1 Å². The molecule has 116 valence electrons. The zero-order chi connectivity index (χ0) is 16.0. The largest absolute Gasteiger partial charge is 0.480 e. The highest BCUT2D eigenvalue weighted by molar-refractivity contribution is 5.84. The highest BCUT2D eigenvalue weighted by Crippen LogP contribution is 2.20. The predicted octanol–water partition coefficient (Wildman–Crippen LogP) is 2.38. The van der Waals surface area contributed by atoms with Crippen LogP contribution < -0.4 is 11.1 Å². The summed E-state index contributed by atoms with van der Waals surface area (Å²) in [7, 11) is 0. The summed E-state index contributed by atoms with van der Waals surface area (Å²) in [5, 5.41) is 11.8. The van der Waals surface area contributed by atoms with Crippen LogP contribution in [-0.2, 0) is 9.59 Å². The van der Waals surface area contributed by atoms with E-state index in [1.165, 1.54) is 0 Å². The number of amides is 1. The lowest BCUT2D eigenvalue weighted by atomic mass is 9.95. The standard InChI is InChI=1S/C16H24N2O3/c1-4-10(2)15(16(20)21)18-14(19)9-11(3)12-5-7-13(17)8-6-12/h5-8,10-11,15H,4,9,17H2,1-3H3,(H,18,19)(H,20,21)/t10?,11?,15-/m0/s1. The van der Waals surface area contributed by atoms with Crippen LogP contribution in [0.1, 0.15) is 45.1 Å². The van der Waals surface area contributed by atoms with E-state index < -0.39 is 12.0 Å². The fourth-order valence-corrected chi connectivity index (χ4v) is 2.14. The number of nitrogens with one attached hydrogen (secondary N) is 1. The van der Waals surface area contributed by atoms with E-state index in [0.717, 1.165) is 5.56 Å². The third kappa shape index (κ3) is 5.10. The molecule has 2 unspecified atom stereocenters. The minimum atomic E-state index is -0.988. The molecule has 0 heterocycles. The molecule has 0 saturated heterocycles. The molecule has 21 heavy (non-hydrogen) atoms. The number of rotatable bonds is 7. The molecule has 0 fully saturated rings. The molecule has 0 aromatic heterocycles. The fraction of sp³-hybridized carbons (Fsp3) is 0.500. The number of carbonyl (C=O) groups excluding carboxylic acids is 1. The van der Waals surface area contributed by atoms with Crippen molar-refractivity contribution < 1.29 is 14.7 Å². The molecule has 1 aromatic carbocycles. The van der Waals surface area contributed by atoms with Crippen LogP contribution in [0.5, 0.6) is 0 Å². The summed E-state index contributed by atoms with van der Waals surface area (Å²) in [6.45, 7) is 5.66. The molecule has 0 saturated carbocycles. The van der Waals surface area contributed by atoms with Gasteiger partial charge in [-0.1, -0.05) is 39.3 Å². The van der Waals surface area contributed by atoms with E-state index >= 15 is 0 Å². The van der Waals surface area contributed by atoms with Crippen molar-refractivity contribution in [1.82, 2.24) is 5.32 Å². The van der Waals surface area contributed by atoms with E-state index in [9.17, 15) is 14.7 Å². The summed E-state index contributed by atoms with van der Waals surface area (Å²) in [6.07, 6.45) is 0.953. The van der Waals surface area contributed by atoms with Gasteiger partial charge in [0.2, 0.25) is 5.91 Å². The third-order valence-electron chi connectivity index (χ3n) is 3.79. The fourth-order valence-electron chi connectivity index (χ4n) is 2.14. The highest BCUT2D eigenvalue weighted by atomic mass is 16.4. The lowest BCUT2D eigenvalue weighted by Crippen LogP contribution is -2.45. The Morgan fingerprint density at radius 1 is 1.24 bits per heavy atom. The molecule has 0 spiro atoms. The molecule has 0 bridgehead atoms. The average molecular weight is 292 g/mol. The van der Waals surface area contributed by atoms with Gasteiger partial charge in [0.05, 0.1) is 0 Å². The van der Waals surface area contributed by atoms with Crippen molar-refractivity contribution in [2.24, 2.45) is 5.92 Å². The maximum atomic E-state index is 12.0. The van der Waals surface area contributed by atoms with Crippen LogP contribution in [0, 0.1) is 5.92 Å². The smallest absolute Gasteiger partial charge is 0.326 e. The Bertz CT molecular complexity index is 485. The van der Waals surface area contributed by atoms with Crippen LogP contribution >= 0.6 is 0 Å². The normalized spacial score (nSPS) is 15.0. The van der Waals surface area contributed by atoms with E-state index in [4.69, 9.17) is 5.73 Å². The Morgan fingerprint density at radius 3 is 2.29 bits per heavy atom. The molecule has 5 nitrogen and oxygen atoms in total. The summed E-state index contributed by atoms with van der Waals surface area (Å²) in [5.74, 6) is -1.32. The van der Waals surface area contributed by atoms with Crippen molar-refractivity contribution in [3.05, 3.63) is 29.8 Å². The Morgan fingerprint density at radius 2 is 1.81 bits per heavy atom. The number of aliphatic carboxylic acids is 1. The number of anilines is 1. The van der Waals surface area contributed by atoms with E-state index in [1.807, 2.05) is 32.9 Å². The van der Waals surface area contributed by atoms with Crippen molar-refractivity contribution in [2.75, 3.05) is 5.73 Å². The number of hydrogen-bond acceptors (Lipinski definition) is 3. The van der Waals surface area contributed by atoms with Crippen LogP contribution in [0.15, 0.2) is 24.3 Å². The van der Waals surface area contributed by atoms with Crippen LogP contribution in [0.4, 0.5) is 5.69 Å². The van der Waals surface area contributed by atoms with E-state index in [1.54, 1.807) is 12.1 Å². The van der Waals surface area contributed by atoms with Gasteiger partial charge in [0.1, 0.15) is 6.04 Å². The quantitative estimate of drug-likeness (QED) is 0.673. The molecule has 0 radical (unpaired) electrons. The van der Waals surface area contributed by atoms with Crippen molar-refractivity contribution in [1.29, 1.82) is 0 Å². The Labute approximate surface area is 125 Å². The van der Waals surface area contributed by atoms with E-state index in [-0.39, 0.29) is 24.2 Å². The predicted molar refractivity (Wildman–Crippen MR) is 82.9 cm³/mol. The number of carboxylic acid groups (broad SMARTS) is 1. The van der Waals surface area contributed by atoms with Crippen molar-refractivity contribution in [2.45, 2.75) is 45.6 Å². The van der Waals surface area contributed by atoms with Gasteiger partial charge >= 0.3 is 5.97 Å². The Balaban J connectivity index is 2.63. The molecule has 5 heteroatoms. The second-order valence-electron chi connectivity index (χ2n) is 5.54. The van der Waals surface area contributed by atoms with Gasteiger partial charge in [-0.05, 0) is 29.5 Å². The first kappa shape index (κ1) is 17.0. The molecular formula is C16H24N2O3. The first-order chi connectivity index (χ1) is 9.85. The Kier molecular flexibility index (Phi) is 6.21. The average Bonchev–Trinajstić information content (AvgIpc) is 2.44. The second kappa shape index (κ2) is 7.67. The van der Waals surface area contributed by atoms with Crippen LogP contribution in [0.2, 0.25) is 0 Å². The zero-order valence-corrected chi connectivity index (χ0v) is 12.8. The highest BCUT2D eigenvalue weighted by Gasteiger charge is 2.25. The summed E-state index contributed by atoms with van der Waals surface area (Å²) in [5.41, 5.74) is 7.32. The van der Waals surface area contributed by atoms with Gasteiger partial charge in [0.25, 0.3) is 0 Å². The van der Waals surface area contributed by atoms with Crippen LogP contribution in [0.25, 0.3) is 0 Å². The molecule has 1 aromatic rings. The monoisotopic (exact) mass is 292 g/mol. The molecule has 1 amide bonds. The molecule has 1 rings (SSSR count). The van der Waals surface area contributed by atoms with Gasteiger partial charge in [0.15, 0.2) is 0 Å². The van der Waals surface area contributed by atoms with Gasteiger partial charge in [-0.2, -0.15) is 0 Å². The van der Waals surface area contributed by atoms with Gasteiger partial charge < -0.3 is 16.2 Å². The number of benzene rings is 1. The number of carbonyl (C=O) groups is 2. The number of nitrogen functional groups attached to an aromatic ring is 1. The van der Waals surface area contributed by atoms with E-state index in [2.05, 4.69) is 5.32 Å². The third-order valence-corrected chi connectivity index (χ3v) is 3.79. The summed E-state index contributed by atoms with van der Waals surface area (Å²) in [6, 6.07) is 6.53. The van der Waals surface area contributed by atoms with Gasteiger partial charge in [0, 0.05) is 12.1 Å². The van der Waals surface area contributed by atoms with Gasteiger partial charge in [-0.3, -0.25) is 4.79 Å². The zero-order valence-electron chi connectivity index (χ0n) is 12.8. The molecule has 0 aliphatic carbocycles. The molecular weight excluding hydrogens is 268 g/mol. The van der Waals surface area contributed by atoms with Gasteiger partial charge in [-0.15, -0.1) is 0 Å². The molecule has 0 aliphatic rings. The van der Waals surface area contributed by atoms with Crippen molar-refractivity contribution in [3.63, 3.8) is 0 Å². The second-order valence-corrected chi connectivity index (χ2v) is 5.54. The molecule has 4 N–H and O–H groups in total. The number of hydrogen-bond donors (Lipinski definition) is 3. The minimum Gasteiger partial charge on any atom is -0.480 e. The van der Waals surface area contributed by atoms with Crippen LogP contribution in [0.3, 0.4) is 0 Å². The first-order valence-electron chi connectivity index (χ1n) is 7.22. The maximum absolute atomic E-state index is 12.0. The number of nitrogens with two attached hydrogens (primary N) is 1. The lowest BCUT2D eigenvalue weighted by molar-refractivity contribution is -0.143. The first-order valence-corrected chi connectivity index (χ1v) is 7.22. The summed E-state index contributed by atoms with van der Waals surface area (Å²) in [4.78, 5) is 23.2. The van der Waals surface area contributed by atoms with Crippen LogP contribution in [-0.4, -0.2) is 23.0 Å². The van der Waals surface area contributed by atoms with Gasteiger partial charge in [-0.25, -0.2) is 4.79 Å². The number of carboxylic acids is 1. The SMILES string of the molecule is CCC(C)[C@H](NC(=O)CC(C)c1ccc(N)cc1)C(=O)O. The minimum absolute atomic E-state index is 0.0111.